The largest absolute Gasteiger partial charge is 0.354 e. The average molecular weight is 321 g/mol. The highest BCUT2D eigenvalue weighted by molar-refractivity contribution is 6.43. The summed E-state index contributed by atoms with van der Waals surface area (Å²) in [6.45, 7) is 0. The molecule has 5 heteroatoms. The van der Waals surface area contributed by atoms with Crippen molar-refractivity contribution in [2.45, 2.75) is 12.8 Å². The first-order chi connectivity index (χ1) is 10.1. The van der Waals surface area contributed by atoms with Crippen molar-refractivity contribution in [2.24, 2.45) is 5.92 Å². The van der Waals surface area contributed by atoms with E-state index in [-0.39, 0.29) is 11.8 Å². The summed E-state index contributed by atoms with van der Waals surface area (Å²) in [4.78, 5) is 11.7. The topological polar surface area (TPSA) is 41.1 Å². The van der Waals surface area contributed by atoms with Gasteiger partial charge in [-0.15, -0.1) is 0 Å². The molecular formula is C16H14Cl2N2O. The summed E-state index contributed by atoms with van der Waals surface area (Å²) in [5.41, 5.74) is 2.43. The Morgan fingerprint density at radius 2 is 1.67 bits per heavy atom. The minimum absolute atomic E-state index is 0.105. The highest BCUT2D eigenvalue weighted by Gasteiger charge is 2.29. The van der Waals surface area contributed by atoms with Crippen molar-refractivity contribution in [3.63, 3.8) is 0 Å². The fourth-order valence-electron chi connectivity index (χ4n) is 1.98. The predicted molar refractivity (Wildman–Crippen MR) is 87.5 cm³/mol. The molecule has 0 unspecified atom stereocenters. The quantitative estimate of drug-likeness (QED) is 0.824. The standard InChI is InChI=1S/C16H14Cl2N2O/c17-13-2-1-3-14(15(13)18)19-11-6-8-12(9-7-11)20-16(21)10-4-5-10/h1-3,6-10,19H,4-5H2,(H,20,21). The van der Waals surface area contributed by atoms with E-state index < -0.39 is 0 Å². The lowest BCUT2D eigenvalue weighted by Gasteiger charge is -2.10. The van der Waals surface area contributed by atoms with Crippen molar-refractivity contribution in [1.29, 1.82) is 0 Å². The van der Waals surface area contributed by atoms with Crippen LogP contribution in [0.2, 0.25) is 10.0 Å². The van der Waals surface area contributed by atoms with Crippen LogP contribution in [-0.4, -0.2) is 5.91 Å². The average Bonchev–Trinajstić information content (AvgIpc) is 3.30. The van der Waals surface area contributed by atoms with Gasteiger partial charge in [-0.25, -0.2) is 0 Å². The maximum absolute atomic E-state index is 11.7. The smallest absolute Gasteiger partial charge is 0.227 e. The Hall–Kier alpha value is -1.71. The van der Waals surface area contributed by atoms with Gasteiger partial charge in [0, 0.05) is 17.3 Å². The molecule has 1 saturated carbocycles. The van der Waals surface area contributed by atoms with Crippen LogP contribution in [0.1, 0.15) is 12.8 Å². The third-order valence-electron chi connectivity index (χ3n) is 3.33. The molecule has 108 valence electrons. The molecule has 1 amide bonds. The maximum Gasteiger partial charge on any atom is 0.227 e. The van der Waals surface area contributed by atoms with Crippen LogP contribution in [0.25, 0.3) is 0 Å². The normalized spacial score (nSPS) is 13.8. The zero-order valence-corrected chi connectivity index (χ0v) is 12.7. The lowest BCUT2D eigenvalue weighted by Crippen LogP contribution is -2.13. The second-order valence-electron chi connectivity index (χ2n) is 5.07. The fraction of sp³-hybridized carbons (Fsp3) is 0.188. The van der Waals surface area contributed by atoms with Gasteiger partial charge in [0.2, 0.25) is 5.91 Å². The summed E-state index contributed by atoms with van der Waals surface area (Å²) < 4.78 is 0. The number of amides is 1. The van der Waals surface area contributed by atoms with E-state index in [1.165, 1.54) is 0 Å². The molecule has 21 heavy (non-hydrogen) atoms. The number of anilines is 3. The van der Waals surface area contributed by atoms with Crippen molar-refractivity contribution >= 4 is 46.2 Å². The molecular weight excluding hydrogens is 307 g/mol. The molecule has 0 heterocycles. The highest BCUT2D eigenvalue weighted by atomic mass is 35.5. The molecule has 0 aromatic heterocycles. The van der Waals surface area contributed by atoms with Gasteiger partial charge in [0.1, 0.15) is 0 Å². The first-order valence-electron chi connectivity index (χ1n) is 6.75. The van der Waals surface area contributed by atoms with Crippen LogP contribution >= 0.6 is 23.2 Å². The molecule has 3 nitrogen and oxygen atoms in total. The molecule has 1 aliphatic carbocycles. The molecule has 2 N–H and O–H groups in total. The van der Waals surface area contributed by atoms with E-state index >= 15 is 0 Å². The van der Waals surface area contributed by atoms with E-state index in [1.54, 1.807) is 6.07 Å². The summed E-state index contributed by atoms with van der Waals surface area (Å²) in [5.74, 6) is 0.307. The number of halogens is 2. The Morgan fingerprint density at radius 3 is 2.33 bits per heavy atom. The first kappa shape index (κ1) is 14.2. The van der Waals surface area contributed by atoms with E-state index in [4.69, 9.17) is 23.2 Å². The second kappa shape index (κ2) is 5.96. The molecule has 2 aromatic rings. The Labute approximate surface area is 133 Å². The van der Waals surface area contributed by atoms with Gasteiger partial charge in [0.05, 0.1) is 15.7 Å². The zero-order valence-electron chi connectivity index (χ0n) is 11.2. The third-order valence-corrected chi connectivity index (χ3v) is 4.15. The van der Waals surface area contributed by atoms with Crippen molar-refractivity contribution < 1.29 is 4.79 Å². The van der Waals surface area contributed by atoms with E-state index in [0.29, 0.717) is 10.0 Å². The molecule has 0 radical (unpaired) electrons. The first-order valence-corrected chi connectivity index (χ1v) is 7.51. The van der Waals surface area contributed by atoms with Gasteiger partial charge < -0.3 is 10.6 Å². The third kappa shape index (κ3) is 3.49. The number of rotatable bonds is 4. The minimum atomic E-state index is 0.105. The maximum atomic E-state index is 11.7. The van der Waals surface area contributed by atoms with Crippen LogP contribution < -0.4 is 10.6 Å². The highest BCUT2D eigenvalue weighted by Crippen LogP contribution is 2.32. The van der Waals surface area contributed by atoms with Gasteiger partial charge >= 0.3 is 0 Å². The van der Waals surface area contributed by atoms with Gasteiger partial charge in [-0.2, -0.15) is 0 Å². The predicted octanol–water partition coefficient (Wildman–Crippen LogP) is 5.09. The summed E-state index contributed by atoms with van der Waals surface area (Å²) in [6.07, 6.45) is 2.00. The van der Waals surface area contributed by atoms with Crippen LogP contribution in [0.15, 0.2) is 42.5 Å². The molecule has 0 spiro atoms. The Kier molecular flexibility index (Phi) is 4.04. The number of carbonyl (C=O) groups is 1. The number of hydrogen-bond acceptors (Lipinski definition) is 2. The molecule has 0 aliphatic heterocycles. The van der Waals surface area contributed by atoms with E-state index in [9.17, 15) is 4.79 Å². The Morgan fingerprint density at radius 1 is 1.00 bits per heavy atom. The summed E-state index contributed by atoms with van der Waals surface area (Å²) in [7, 11) is 0. The van der Waals surface area contributed by atoms with Gasteiger partial charge in [-0.3, -0.25) is 4.79 Å². The summed E-state index contributed by atoms with van der Waals surface area (Å²) in [6, 6.07) is 12.9. The van der Waals surface area contributed by atoms with Crippen molar-refractivity contribution in [1.82, 2.24) is 0 Å². The molecule has 0 atom stereocenters. The SMILES string of the molecule is O=C(Nc1ccc(Nc2cccc(Cl)c2Cl)cc1)C1CC1. The van der Waals surface area contributed by atoms with Gasteiger partial charge in [0.15, 0.2) is 0 Å². The summed E-state index contributed by atoms with van der Waals surface area (Å²) in [5, 5.41) is 7.10. The van der Waals surface area contributed by atoms with Crippen LogP contribution in [-0.2, 0) is 4.79 Å². The molecule has 2 aromatic carbocycles. The molecule has 1 fully saturated rings. The van der Waals surface area contributed by atoms with Crippen LogP contribution in [0.5, 0.6) is 0 Å². The van der Waals surface area contributed by atoms with Gasteiger partial charge in [-0.1, -0.05) is 29.3 Å². The van der Waals surface area contributed by atoms with Crippen molar-refractivity contribution in [2.75, 3.05) is 10.6 Å². The van der Waals surface area contributed by atoms with Crippen molar-refractivity contribution in [3.05, 3.63) is 52.5 Å². The zero-order chi connectivity index (χ0) is 14.8. The van der Waals surface area contributed by atoms with E-state index in [2.05, 4.69) is 10.6 Å². The molecule has 0 bridgehead atoms. The van der Waals surface area contributed by atoms with Gasteiger partial charge in [0.25, 0.3) is 0 Å². The Bertz CT molecular complexity index is 666. The van der Waals surface area contributed by atoms with E-state index in [0.717, 1.165) is 29.9 Å². The van der Waals surface area contributed by atoms with Crippen molar-refractivity contribution in [3.8, 4) is 0 Å². The number of hydrogen-bond donors (Lipinski definition) is 2. The molecule has 0 saturated heterocycles. The number of benzene rings is 2. The van der Waals surface area contributed by atoms with Gasteiger partial charge in [-0.05, 0) is 49.2 Å². The lowest BCUT2D eigenvalue weighted by molar-refractivity contribution is -0.117. The number of carbonyl (C=O) groups excluding carboxylic acids is 1. The second-order valence-corrected chi connectivity index (χ2v) is 5.85. The molecule has 1 aliphatic rings. The van der Waals surface area contributed by atoms with Crippen LogP contribution in [0, 0.1) is 5.92 Å². The van der Waals surface area contributed by atoms with Crippen LogP contribution in [0.4, 0.5) is 17.1 Å². The minimum Gasteiger partial charge on any atom is -0.354 e. The fourth-order valence-corrected chi connectivity index (χ4v) is 2.33. The lowest BCUT2D eigenvalue weighted by atomic mass is 10.2. The number of nitrogens with one attached hydrogen (secondary N) is 2. The Balaban J connectivity index is 1.69. The van der Waals surface area contributed by atoms with Crippen LogP contribution in [0.3, 0.4) is 0 Å². The monoisotopic (exact) mass is 320 g/mol. The summed E-state index contributed by atoms with van der Waals surface area (Å²) >= 11 is 12.1. The van der Waals surface area contributed by atoms with E-state index in [1.807, 2.05) is 36.4 Å². The molecule has 3 rings (SSSR count).